The van der Waals surface area contributed by atoms with E-state index in [4.69, 9.17) is 0 Å². The Balaban J connectivity index is 1.76. The minimum atomic E-state index is -0.364. The summed E-state index contributed by atoms with van der Waals surface area (Å²) in [6.45, 7) is 1.27. The maximum absolute atomic E-state index is 14.1. The molecule has 0 radical (unpaired) electrons. The molecule has 3 heterocycles. The summed E-state index contributed by atoms with van der Waals surface area (Å²) in [6, 6.07) is 8.27. The highest BCUT2D eigenvalue weighted by Gasteiger charge is 2.31. The van der Waals surface area contributed by atoms with Crippen molar-refractivity contribution < 1.29 is 9.18 Å². The molecule has 2 aromatic rings. The first kappa shape index (κ1) is 13.6. The highest BCUT2D eigenvalue weighted by atomic mass is 19.1. The summed E-state index contributed by atoms with van der Waals surface area (Å²) in [5.41, 5.74) is 1.56. The summed E-state index contributed by atoms with van der Waals surface area (Å²) in [5.74, 6) is 0.680. The molecular weight excluding hydrogens is 295 g/mol. The molecule has 6 heteroatoms. The second-order valence-electron chi connectivity index (χ2n) is 5.28. The number of fused-ring (bicyclic) bond motifs is 3. The Morgan fingerprint density at radius 2 is 2.22 bits per heavy atom. The van der Waals surface area contributed by atoms with Crippen LogP contribution in [0.1, 0.15) is 15.9 Å². The first-order valence-corrected chi connectivity index (χ1v) is 7.28. The van der Waals surface area contributed by atoms with Gasteiger partial charge in [-0.1, -0.05) is 6.07 Å². The molecule has 0 bridgehead atoms. The quantitative estimate of drug-likeness (QED) is 0.684. The Labute approximate surface area is 132 Å². The number of pyridine rings is 1. The zero-order chi connectivity index (χ0) is 15.8. The third kappa shape index (κ3) is 2.28. The lowest BCUT2D eigenvalue weighted by molar-refractivity contribution is 0.104. The van der Waals surface area contributed by atoms with Crippen molar-refractivity contribution in [3.05, 3.63) is 71.6 Å². The van der Waals surface area contributed by atoms with Gasteiger partial charge in [0.05, 0.1) is 12.2 Å². The number of rotatable bonds is 2. The third-order valence-corrected chi connectivity index (χ3v) is 3.85. The summed E-state index contributed by atoms with van der Waals surface area (Å²) in [6.07, 6.45) is 4.59. The van der Waals surface area contributed by atoms with Crippen LogP contribution in [0.5, 0.6) is 0 Å². The Morgan fingerprint density at radius 1 is 1.30 bits per heavy atom. The van der Waals surface area contributed by atoms with Crippen molar-refractivity contribution in [2.75, 3.05) is 18.4 Å². The van der Waals surface area contributed by atoms with Gasteiger partial charge in [-0.15, -0.1) is 0 Å². The van der Waals surface area contributed by atoms with E-state index in [0.717, 1.165) is 0 Å². The predicted octanol–water partition coefficient (Wildman–Crippen LogP) is 2.43. The molecule has 1 aromatic carbocycles. The second-order valence-corrected chi connectivity index (χ2v) is 5.28. The third-order valence-electron chi connectivity index (χ3n) is 3.85. The molecule has 0 saturated heterocycles. The minimum Gasteiger partial charge on any atom is -0.338 e. The van der Waals surface area contributed by atoms with Crippen LogP contribution in [0.25, 0.3) is 0 Å². The highest BCUT2D eigenvalue weighted by molar-refractivity contribution is 6.10. The number of para-hydroxylation sites is 1. The molecule has 0 aliphatic carbocycles. The van der Waals surface area contributed by atoms with E-state index in [1.807, 2.05) is 11.0 Å². The van der Waals surface area contributed by atoms with Gasteiger partial charge < -0.3 is 10.2 Å². The van der Waals surface area contributed by atoms with Crippen LogP contribution in [0, 0.1) is 5.82 Å². The number of halogens is 1. The maximum atomic E-state index is 14.1. The van der Waals surface area contributed by atoms with Crippen LogP contribution in [-0.2, 0) is 0 Å². The van der Waals surface area contributed by atoms with Crippen LogP contribution < -0.4 is 5.32 Å². The van der Waals surface area contributed by atoms with Crippen molar-refractivity contribution in [1.82, 2.24) is 9.88 Å². The van der Waals surface area contributed by atoms with Gasteiger partial charge in [-0.05, 0) is 24.3 Å². The molecule has 5 nitrogen and oxygen atoms in total. The molecule has 0 fully saturated rings. The average molecular weight is 308 g/mol. The zero-order valence-corrected chi connectivity index (χ0v) is 12.2. The number of carbonyl (C=O) groups excluding carboxylic acids is 1. The van der Waals surface area contributed by atoms with Crippen LogP contribution in [-0.4, -0.2) is 34.6 Å². The molecule has 1 N–H and O–H groups in total. The number of hydrogen-bond acceptors (Lipinski definition) is 5. The lowest BCUT2D eigenvalue weighted by atomic mass is 10.1. The summed E-state index contributed by atoms with van der Waals surface area (Å²) < 4.78 is 14.1. The van der Waals surface area contributed by atoms with E-state index in [9.17, 15) is 9.18 Å². The molecule has 23 heavy (non-hydrogen) atoms. The maximum Gasteiger partial charge on any atom is 0.191 e. The standard InChI is InChI=1S/C17H13FN4O/c18-13-5-1-4-12-16(13)21-15(22-8-7-20-17(12)22)9-14(23)11-3-2-6-19-10-11/h1-6,9-10,21H,7-8H2. The molecule has 4 rings (SSSR count). The molecule has 0 amide bonds. The van der Waals surface area contributed by atoms with Gasteiger partial charge >= 0.3 is 0 Å². The van der Waals surface area contributed by atoms with Gasteiger partial charge in [-0.2, -0.15) is 0 Å². The molecule has 0 unspecified atom stereocenters. The van der Waals surface area contributed by atoms with E-state index >= 15 is 0 Å². The van der Waals surface area contributed by atoms with Crippen LogP contribution >= 0.6 is 0 Å². The van der Waals surface area contributed by atoms with E-state index in [2.05, 4.69) is 15.3 Å². The molecule has 0 saturated carbocycles. The molecule has 0 atom stereocenters. The minimum absolute atomic E-state index is 0.188. The van der Waals surface area contributed by atoms with Crippen LogP contribution in [0.4, 0.5) is 10.1 Å². The lowest BCUT2D eigenvalue weighted by Gasteiger charge is -2.31. The number of nitrogens with zero attached hydrogens (tertiary/aromatic N) is 3. The number of aromatic nitrogens is 1. The fourth-order valence-electron chi connectivity index (χ4n) is 2.78. The molecule has 1 aromatic heterocycles. The Hall–Kier alpha value is -3.02. The number of carbonyl (C=O) groups is 1. The Kier molecular flexibility index (Phi) is 3.15. The summed E-state index contributed by atoms with van der Waals surface area (Å²) in [7, 11) is 0. The zero-order valence-electron chi connectivity index (χ0n) is 12.2. The highest BCUT2D eigenvalue weighted by Crippen LogP contribution is 2.31. The summed E-state index contributed by atoms with van der Waals surface area (Å²) >= 11 is 0. The molecular formula is C17H13FN4O. The summed E-state index contributed by atoms with van der Waals surface area (Å²) in [5, 5.41) is 3.03. The van der Waals surface area contributed by atoms with Gasteiger partial charge in [0.15, 0.2) is 5.78 Å². The lowest BCUT2D eigenvalue weighted by Crippen LogP contribution is -2.37. The van der Waals surface area contributed by atoms with Crippen molar-refractivity contribution in [2.24, 2.45) is 4.99 Å². The largest absolute Gasteiger partial charge is 0.338 e. The smallest absolute Gasteiger partial charge is 0.191 e. The first-order chi connectivity index (χ1) is 11.2. The molecule has 2 aliphatic rings. The Bertz CT molecular complexity index is 845. The van der Waals surface area contributed by atoms with Gasteiger partial charge in [0.25, 0.3) is 0 Å². The van der Waals surface area contributed by atoms with Crippen molar-refractivity contribution in [2.45, 2.75) is 0 Å². The van der Waals surface area contributed by atoms with Crippen molar-refractivity contribution in [1.29, 1.82) is 0 Å². The van der Waals surface area contributed by atoms with E-state index in [1.165, 1.54) is 18.3 Å². The van der Waals surface area contributed by atoms with Crippen molar-refractivity contribution in [3.63, 3.8) is 0 Å². The SMILES string of the molecule is O=C(C=C1Nc2c(F)cccc2C2=NCCN12)c1cccnc1. The Morgan fingerprint density at radius 3 is 3.04 bits per heavy atom. The van der Waals surface area contributed by atoms with E-state index in [1.54, 1.807) is 24.4 Å². The van der Waals surface area contributed by atoms with Crippen LogP contribution in [0.3, 0.4) is 0 Å². The number of hydrogen-bond donors (Lipinski definition) is 1. The fraction of sp³-hybridized carbons (Fsp3) is 0.118. The van der Waals surface area contributed by atoms with Crippen molar-refractivity contribution >= 4 is 17.3 Å². The average Bonchev–Trinajstić information content (AvgIpc) is 3.07. The molecule has 2 aliphatic heterocycles. The number of ketones is 1. The van der Waals surface area contributed by atoms with Crippen molar-refractivity contribution in [3.8, 4) is 0 Å². The fourth-order valence-corrected chi connectivity index (χ4v) is 2.78. The van der Waals surface area contributed by atoms with E-state index in [0.29, 0.717) is 41.6 Å². The number of allylic oxidation sites excluding steroid dienone is 1. The topological polar surface area (TPSA) is 57.6 Å². The second kappa shape index (κ2) is 5.31. The summed E-state index contributed by atoms with van der Waals surface area (Å²) in [4.78, 5) is 22.7. The first-order valence-electron chi connectivity index (χ1n) is 7.28. The normalized spacial score (nSPS) is 17.3. The number of aliphatic imine (C=N–C) groups is 1. The van der Waals surface area contributed by atoms with Gasteiger partial charge in [0, 0.05) is 36.1 Å². The monoisotopic (exact) mass is 308 g/mol. The number of amidine groups is 1. The van der Waals surface area contributed by atoms with Gasteiger partial charge in [-0.3, -0.25) is 14.8 Å². The van der Waals surface area contributed by atoms with Gasteiger partial charge in [-0.25, -0.2) is 4.39 Å². The van der Waals surface area contributed by atoms with E-state index < -0.39 is 0 Å². The number of anilines is 1. The number of nitrogens with one attached hydrogen (secondary N) is 1. The van der Waals surface area contributed by atoms with Crippen LogP contribution in [0.2, 0.25) is 0 Å². The van der Waals surface area contributed by atoms with Crippen LogP contribution in [0.15, 0.2) is 59.6 Å². The van der Waals surface area contributed by atoms with E-state index in [-0.39, 0.29) is 11.6 Å². The number of benzene rings is 1. The molecule has 0 spiro atoms. The van der Waals surface area contributed by atoms with Gasteiger partial charge in [0.2, 0.25) is 0 Å². The van der Waals surface area contributed by atoms with Gasteiger partial charge in [0.1, 0.15) is 17.5 Å². The molecule has 114 valence electrons. The predicted molar refractivity (Wildman–Crippen MR) is 84.8 cm³/mol.